The van der Waals surface area contributed by atoms with Crippen molar-refractivity contribution in [2.45, 2.75) is 25.4 Å². The molecule has 0 bridgehead atoms. The van der Waals surface area contributed by atoms with Gasteiger partial charge in [-0.25, -0.2) is 0 Å². The number of thioether (sulfide) groups is 1. The maximum atomic E-state index is 12.7. The molecule has 1 fully saturated rings. The standard InChI is InChI=1S/C21H24N6O3S/c1-3-16-6-4-5-7-17(16)27-14-22-23-21(27)31-13-19(28)25-8-10-26(11-9-25)20(29)18-12-15(2)24-30-18/h4-7,12,14H,3,8-11,13H2,1-2H3. The lowest BCUT2D eigenvalue weighted by Crippen LogP contribution is -2.51. The molecule has 9 nitrogen and oxygen atoms in total. The molecule has 10 heteroatoms. The van der Waals surface area contributed by atoms with Crippen LogP contribution in [0, 0.1) is 6.92 Å². The van der Waals surface area contributed by atoms with Gasteiger partial charge >= 0.3 is 0 Å². The Morgan fingerprint density at radius 1 is 1.13 bits per heavy atom. The summed E-state index contributed by atoms with van der Waals surface area (Å²) in [4.78, 5) is 28.7. The molecule has 0 N–H and O–H groups in total. The van der Waals surface area contributed by atoms with Crippen LogP contribution in [-0.4, -0.2) is 73.5 Å². The Morgan fingerprint density at radius 3 is 2.58 bits per heavy atom. The van der Waals surface area contributed by atoms with E-state index in [1.807, 2.05) is 22.8 Å². The minimum atomic E-state index is -0.190. The third-order valence-electron chi connectivity index (χ3n) is 5.23. The first-order chi connectivity index (χ1) is 15.1. The number of benzene rings is 1. The molecule has 0 radical (unpaired) electrons. The third kappa shape index (κ3) is 4.63. The molecule has 3 heterocycles. The summed E-state index contributed by atoms with van der Waals surface area (Å²) in [5.41, 5.74) is 2.89. The maximum absolute atomic E-state index is 12.7. The first-order valence-corrected chi connectivity index (χ1v) is 11.2. The van der Waals surface area contributed by atoms with Crippen molar-refractivity contribution in [3.63, 3.8) is 0 Å². The summed E-state index contributed by atoms with van der Waals surface area (Å²) in [5.74, 6) is 0.331. The fourth-order valence-corrected chi connectivity index (χ4v) is 4.35. The van der Waals surface area contributed by atoms with E-state index in [1.165, 1.54) is 17.3 Å². The zero-order chi connectivity index (χ0) is 21.8. The van der Waals surface area contributed by atoms with Crippen LogP contribution in [0.3, 0.4) is 0 Å². The average Bonchev–Trinajstić information content (AvgIpc) is 3.46. The molecule has 3 aromatic rings. The largest absolute Gasteiger partial charge is 0.351 e. The molecule has 0 saturated carbocycles. The molecular formula is C21H24N6O3S. The molecule has 31 heavy (non-hydrogen) atoms. The summed E-state index contributed by atoms with van der Waals surface area (Å²) < 4.78 is 6.98. The zero-order valence-corrected chi connectivity index (χ0v) is 18.3. The summed E-state index contributed by atoms with van der Waals surface area (Å²) in [6, 6.07) is 9.73. The van der Waals surface area contributed by atoms with Crippen molar-refractivity contribution in [1.82, 2.24) is 29.7 Å². The normalized spacial score (nSPS) is 14.1. The minimum absolute atomic E-state index is 0.0194. The number of para-hydroxylation sites is 1. The number of piperazine rings is 1. The molecule has 0 aliphatic carbocycles. The van der Waals surface area contributed by atoms with E-state index >= 15 is 0 Å². The minimum Gasteiger partial charge on any atom is -0.351 e. The number of carbonyl (C=O) groups is 2. The zero-order valence-electron chi connectivity index (χ0n) is 17.5. The van der Waals surface area contributed by atoms with Crippen molar-refractivity contribution in [1.29, 1.82) is 0 Å². The van der Waals surface area contributed by atoms with Gasteiger partial charge < -0.3 is 14.3 Å². The van der Waals surface area contributed by atoms with Crippen molar-refractivity contribution >= 4 is 23.6 Å². The molecule has 1 aromatic carbocycles. The molecule has 1 aliphatic heterocycles. The van der Waals surface area contributed by atoms with E-state index in [2.05, 4.69) is 28.3 Å². The lowest BCUT2D eigenvalue weighted by atomic mass is 10.1. The van der Waals surface area contributed by atoms with E-state index in [9.17, 15) is 9.59 Å². The summed E-state index contributed by atoms with van der Waals surface area (Å²) in [6.07, 6.45) is 2.57. The molecule has 2 amide bonds. The smallest absolute Gasteiger partial charge is 0.292 e. The van der Waals surface area contributed by atoms with Gasteiger partial charge in [-0.2, -0.15) is 0 Å². The second kappa shape index (κ2) is 9.34. The predicted octanol–water partition coefficient (Wildman–Crippen LogP) is 2.20. The summed E-state index contributed by atoms with van der Waals surface area (Å²) in [5, 5.41) is 12.7. The Hall–Kier alpha value is -3.14. The van der Waals surface area contributed by atoms with Crippen LogP contribution in [0.1, 0.15) is 28.7 Å². The van der Waals surface area contributed by atoms with Crippen LogP contribution in [0.2, 0.25) is 0 Å². The van der Waals surface area contributed by atoms with Crippen LogP contribution < -0.4 is 0 Å². The van der Waals surface area contributed by atoms with Crippen LogP contribution >= 0.6 is 11.8 Å². The van der Waals surface area contributed by atoms with E-state index < -0.39 is 0 Å². The van der Waals surface area contributed by atoms with Crippen LogP contribution in [0.25, 0.3) is 5.69 Å². The number of hydrogen-bond donors (Lipinski definition) is 0. The summed E-state index contributed by atoms with van der Waals surface area (Å²) in [6.45, 7) is 5.79. The first-order valence-electron chi connectivity index (χ1n) is 10.2. The number of carbonyl (C=O) groups excluding carboxylic acids is 2. The quantitative estimate of drug-likeness (QED) is 0.542. The maximum Gasteiger partial charge on any atom is 0.292 e. The Labute approximate surface area is 184 Å². The van der Waals surface area contributed by atoms with Crippen molar-refractivity contribution in [2.75, 3.05) is 31.9 Å². The second-order valence-corrected chi connectivity index (χ2v) is 8.20. The number of nitrogens with zero attached hydrogens (tertiary/aromatic N) is 6. The van der Waals surface area contributed by atoms with Crippen LogP contribution in [0.5, 0.6) is 0 Å². The highest BCUT2D eigenvalue weighted by molar-refractivity contribution is 7.99. The van der Waals surface area contributed by atoms with Gasteiger partial charge in [0, 0.05) is 32.2 Å². The molecule has 2 aromatic heterocycles. The van der Waals surface area contributed by atoms with E-state index in [1.54, 1.807) is 29.1 Å². The van der Waals surface area contributed by atoms with Gasteiger partial charge in [-0.15, -0.1) is 10.2 Å². The highest BCUT2D eigenvalue weighted by atomic mass is 32.2. The van der Waals surface area contributed by atoms with Crippen molar-refractivity contribution in [2.24, 2.45) is 0 Å². The first kappa shape index (κ1) is 21.1. The molecular weight excluding hydrogens is 416 g/mol. The van der Waals surface area contributed by atoms with E-state index in [4.69, 9.17) is 4.52 Å². The number of aryl methyl sites for hydroxylation is 2. The van der Waals surface area contributed by atoms with Gasteiger partial charge in [-0.3, -0.25) is 14.2 Å². The lowest BCUT2D eigenvalue weighted by Gasteiger charge is -2.34. The third-order valence-corrected chi connectivity index (χ3v) is 6.16. The molecule has 0 spiro atoms. The summed E-state index contributed by atoms with van der Waals surface area (Å²) >= 11 is 1.37. The monoisotopic (exact) mass is 440 g/mol. The highest BCUT2D eigenvalue weighted by Crippen LogP contribution is 2.23. The molecule has 162 valence electrons. The topological polar surface area (TPSA) is 97.4 Å². The average molecular weight is 441 g/mol. The highest BCUT2D eigenvalue weighted by Gasteiger charge is 2.27. The van der Waals surface area contributed by atoms with E-state index in [0.29, 0.717) is 37.0 Å². The van der Waals surface area contributed by atoms with Gasteiger partial charge in [0.1, 0.15) is 6.33 Å². The Balaban J connectivity index is 1.33. The molecule has 1 aliphatic rings. The van der Waals surface area contributed by atoms with E-state index in [0.717, 1.165) is 12.1 Å². The number of rotatable bonds is 6. The van der Waals surface area contributed by atoms with Crippen LogP contribution in [-0.2, 0) is 11.2 Å². The van der Waals surface area contributed by atoms with Crippen molar-refractivity contribution < 1.29 is 14.1 Å². The molecule has 1 saturated heterocycles. The van der Waals surface area contributed by atoms with Crippen LogP contribution in [0.15, 0.2) is 46.3 Å². The summed E-state index contributed by atoms with van der Waals surface area (Å²) in [7, 11) is 0. The van der Waals surface area contributed by atoms with Gasteiger partial charge in [-0.05, 0) is 25.0 Å². The van der Waals surface area contributed by atoms with Crippen molar-refractivity contribution in [3.8, 4) is 5.69 Å². The van der Waals surface area contributed by atoms with Crippen LogP contribution in [0.4, 0.5) is 0 Å². The SMILES string of the molecule is CCc1ccccc1-n1cnnc1SCC(=O)N1CCN(C(=O)c2cc(C)no2)CC1. The predicted molar refractivity (Wildman–Crippen MR) is 115 cm³/mol. The molecule has 0 unspecified atom stereocenters. The fourth-order valence-electron chi connectivity index (χ4n) is 3.53. The number of amides is 2. The lowest BCUT2D eigenvalue weighted by molar-refractivity contribution is -0.129. The second-order valence-electron chi connectivity index (χ2n) is 7.26. The molecule has 0 atom stereocenters. The van der Waals surface area contributed by atoms with Gasteiger partial charge in [0.2, 0.25) is 11.7 Å². The van der Waals surface area contributed by atoms with Gasteiger partial charge in [0.15, 0.2) is 5.16 Å². The molecule has 4 rings (SSSR count). The Bertz CT molecular complexity index is 1070. The van der Waals surface area contributed by atoms with Gasteiger partial charge in [0.05, 0.1) is 17.1 Å². The van der Waals surface area contributed by atoms with Gasteiger partial charge in [-0.1, -0.05) is 42.0 Å². The Kier molecular flexibility index (Phi) is 6.36. The number of aromatic nitrogens is 4. The van der Waals surface area contributed by atoms with Gasteiger partial charge in [0.25, 0.3) is 5.91 Å². The fraction of sp³-hybridized carbons (Fsp3) is 0.381. The number of hydrogen-bond acceptors (Lipinski definition) is 7. The van der Waals surface area contributed by atoms with E-state index in [-0.39, 0.29) is 23.3 Å². The Morgan fingerprint density at radius 2 is 1.87 bits per heavy atom. The van der Waals surface area contributed by atoms with Crippen molar-refractivity contribution in [3.05, 3.63) is 53.7 Å².